The standard InChI is InChI=1S/C21H26N2O3.ClH/c22-17-10-12-18(13-11-17)23-21(24)15-26-20-9-5-4-8-19(20)25-14-16-6-2-1-3-7-16;/h1-9,17-18H,10-15,22H2,(H,23,24);1H. The summed E-state index contributed by atoms with van der Waals surface area (Å²) in [6.45, 7) is 0.435. The third-order valence-corrected chi connectivity index (χ3v) is 4.58. The van der Waals surface area contributed by atoms with Crippen LogP contribution in [-0.4, -0.2) is 24.6 Å². The Balaban J connectivity index is 0.00000261. The van der Waals surface area contributed by atoms with Crippen LogP contribution in [0, 0.1) is 0 Å². The van der Waals surface area contributed by atoms with Crippen LogP contribution >= 0.6 is 12.4 Å². The molecule has 0 atom stereocenters. The molecule has 1 amide bonds. The van der Waals surface area contributed by atoms with Crippen LogP contribution in [0.4, 0.5) is 0 Å². The van der Waals surface area contributed by atoms with Crippen molar-refractivity contribution in [3.63, 3.8) is 0 Å². The van der Waals surface area contributed by atoms with Gasteiger partial charge >= 0.3 is 0 Å². The maximum atomic E-state index is 12.1. The monoisotopic (exact) mass is 390 g/mol. The molecule has 0 aromatic heterocycles. The molecule has 27 heavy (non-hydrogen) atoms. The van der Waals surface area contributed by atoms with Gasteiger partial charge in [-0.2, -0.15) is 0 Å². The van der Waals surface area contributed by atoms with E-state index in [0.29, 0.717) is 18.1 Å². The lowest BCUT2D eigenvalue weighted by Gasteiger charge is -2.26. The zero-order chi connectivity index (χ0) is 18.2. The van der Waals surface area contributed by atoms with Gasteiger partial charge in [-0.25, -0.2) is 0 Å². The summed E-state index contributed by atoms with van der Waals surface area (Å²) >= 11 is 0. The molecule has 1 saturated carbocycles. The van der Waals surface area contributed by atoms with Gasteiger partial charge < -0.3 is 20.5 Å². The SMILES string of the molecule is Cl.NC1CCC(NC(=O)COc2ccccc2OCc2ccccc2)CC1. The fourth-order valence-corrected chi connectivity index (χ4v) is 3.10. The number of carbonyl (C=O) groups excluding carboxylic acids is 1. The van der Waals surface area contributed by atoms with Gasteiger partial charge in [0.15, 0.2) is 18.1 Å². The second-order valence-corrected chi connectivity index (χ2v) is 6.69. The zero-order valence-corrected chi connectivity index (χ0v) is 16.1. The Kier molecular flexibility index (Phi) is 8.43. The van der Waals surface area contributed by atoms with Gasteiger partial charge in [0.2, 0.25) is 0 Å². The summed E-state index contributed by atoms with van der Waals surface area (Å²) in [5.74, 6) is 1.10. The highest BCUT2D eigenvalue weighted by molar-refractivity contribution is 5.85. The molecule has 3 rings (SSSR count). The first kappa shape index (κ1) is 21.1. The van der Waals surface area contributed by atoms with Crippen molar-refractivity contribution in [2.45, 2.75) is 44.4 Å². The molecule has 1 aliphatic rings. The van der Waals surface area contributed by atoms with Crippen molar-refractivity contribution < 1.29 is 14.3 Å². The predicted octanol–water partition coefficient (Wildman–Crippen LogP) is 3.45. The van der Waals surface area contributed by atoms with Crippen molar-refractivity contribution in [1.82, 2.24) is 5.32 Å². The van der Waals surface area contributed by atoms with Crippen LogP contribution in [0.3, 0.4) is 0 Å². The summed E-state index contributed by atoms with van der Waals surface area (Å²) in [7, 11) is 0. The van der Waals surface area contributed by atoms with Crippen LogP contribution in [0.15, 0.2) is 54.6 Å². The molecular weight excluding hydrogens is 364 g/mol. The highest BCUT2D eigenvalue weighted by atomic mass is 35.5. The summed E-state index contributed by atoms with van der Waals surface area (Å²) in [6, 6.07) is 17.8. The lowest BCUT2D eigenvalue weighted by atomic mass is 9.92. The van der Waals surface area contributed by atoms with Crippen molar-refractivity contribution in [2.24, 2.45) is 5.73 Å². The Hall–Kier alpha value is -2.24. The van der Waals surface area contributed by atoms with Crippen molar-refractivity contribution in [3.05, 3.63) is 60.2 Å². The van der Waals surface area contributed by atoms with Gasteiger partial charge in [0.25, 0.3) is 5.91 Å². The Labute approximate surface area is 166 Å². The Morgan fingerprint density at radius 2 is 1.52 bits per heavy atom. The van der Waals surface area contributed by atoms with Crippen molar-refractivity contribution in [1.29, 1.82) is 0 Å². The highest BCUT2D eigenvalue weighted by Gasteiger charge is 2.20. The van der Waals surface area contributed by atoms with E-state index in [2.05, 4.69) is 5.32 Å². The number of hydrogen-bond acceptors (Lipinski definition) is 4. The van der Waals surface area contributed by atoms with Crippen LogP contribution in [-0.2, 0) is 11.4 Å². The van der Waals surface area contributed by atoms with E-state index in [4.69, 9.17) is 15.2 Å². The summed E-state index contributed by atoms with van der Waals surface area (Å²) < 4.78 is 11.5. The Bertz CT molecular complexity index is 704. The minimum atomic E-state index is -0.108. The van der Waals surface area contributed by atoms with E-state index in [0.717, 1.165) is 31.2 Å². The number of amides is 1. The normalized spacial score (nSPS) is 18.9. The fraction of sp³-hybridized carbons (Fsp3) is 0.381. The van der Waals surface area contributed by atoms with Crippen LogP contribution in [0.2, 0.25) is 0 Å². The molecule has 0 aliphatic heterocycles. The number of nitrogens with one attached hydrogen (secondary N) is 1. The summed E-state index contributed by atoms with van der Waals surface area (Å²) in [5.41, 5.74) is 6.98. The molecule has 6 heteroatoms. The fourth-order valence-electron chi connectivity index (χ4n) is 3.10. The predicted molar refractivity (Wildman–Crippen MR) is 108 cm³/mol. The number of ether oxygens (including phenoxy) is 2. The van der Waals surface area contributed by atoms with E-state index < -0.39 is 0 Å². The van der Waals surface area contributed by atoms with Gasteiger partial charge in [-0.05, 0) is 43.4 Å². The van der Waals surface area contributed by atoms with E-state index in [1.807, 2.05) is 54.6 Å². The van der Waals surface area contributed by atoms with Crippen molar-refractivity contribution in [2.75, 3.05) is 6.61 Å². The largest absolute Gasteiger partial charge is 0.485 e. The lowest BCUT2D eigenvalue weighted by molar-refractivity contribution is -0.124. The number of benzene rings is 2. The van der Waals surface area contributed by atoms with Gasteiger partial charge in [0.1, 0.15) is 6.61 Å². The Morgan fingerprint density at radius 3 is 2.19 bits per heavy atom. The topological polar surface area (TPSA) is 73.6 Å². The summed E-state index contributed by atoms with van der Waals surface area (Å²) in [6.07, 6.45) is 3.79. The highest BCUT2D eigenvalue weighted by Crippen LogP contribution is 2.27. The quantitative estimate of drug-likeness (QED) is 0.759. The number of rotatable bonds is 7. The average Bonchev–Trinajstić information content (AvgIpc) is 2.68. The molecule has 2 aromatic rings. The molecule has 0 bridgehead atoms. The van der Waals surface area contributed by atoms with E-state index in [1.54, 1.807) is 0 Å². The smallest absolute Gasteiger partial charge is 0.258 e. The summed E-state index contributed by atoms with van der Waals surface area (Å²) in [4.78, 5) is 12.1. The third kappa shape index (κ3) is 6.77. The van der Waals surface area contributed by atoms with Gasteiger partial charge in [-0.1, -0.05) is 42.5 Å². The minimum Gasteiger partial charge on any atom is -0.485 e. The van der Waals surface area contributed by atoms with Crippen LogP contribution < -0.4 is 20.5 Å². The number of para-hydroxylation sites is 2. The van der Waals surface area contributed by atoms with Crippen LogP contribution in [0.5, 0.6) is 11.5 Å². The van der Waals surface area contributed by atoms with Crippen molar-refractivity contribution >= 4 is 18.3 Å². The lowest BCUT2D eigenvalue weighted by Crippen LogP contribution is -2.42. The molecule has 1 fully saturated rings. The Morgan fingerprint density at radius 1 is 0.926 bits per heavy atom. The molecule has 146 valence electrons. The molecule has 0 saturated heterocycles. The third-order valence-electron chi connectivity index (χ3n) is 4.58. The van der Waals surface area contributed by atoms with Gasteiger partial charge in [0.05, 0.1) is 0 Å². The molecular formula is C21H27ClN2O3. The minimum absolute atomic E-state index is 0. The second kappa shape index (κ2) is 10.8. The number of carbonyl (C=O) groups is 1. The maximum Gasteiger partial charge on any atom is 0.258 e. The molecule has 0 spiro atoms. The molecule has 0 heterocycles. The first-order valence-corrected chi connectivity index (χ1v) is 9.14. The van der Waals surface area contributed by atoms with Gasteiger partial charge in [-0.3, -0.25) is 4.79 Å². The molecule has 3 N–H and O–H groups in total. The van der Waals surface area contributed by atoms with Crippen LogP contribution in [0.25, 0.3) is 0 Å². The van der Waals surface area contributed by atoms with E-state index >= 15 is 0 Å². The molecule has 2 aromatic carbocycles. The number of halogens is 1. The first-order valence-electron chi connectivity index (χ1n) is 9.14. The first-order chi connectivity index (χ1) is 12.7. The molecule has 1 aliphatic carbocycles. The van der Waals surface area contributed by atoms with E-state index in [-0.39, 0.29) is 37.0 Å². The second-order valence-electron chi connectivity index (χ2n) is 6.69. The maximum absolute atomic E-state index is 12.1. The summed E-state index contributed by atoms with van der Waals surface area (Å²) in [5, 5.41) is 3.03. The number of nitrogens with two attached hydrogens (primary N) is 1. The van der Waals surface area contributed by atoms with Crippen molar-refractivity contribution in [3.8, 4) is 11.5 Å². The zero-order valence-electron chi connectivity index (χ0n) is 15.3. The van der Waals surface area contributed by atoms with Gasteiger partial charge in [0, 0.05) is 12.1 Å². The molecule has 0 unspecified atom stereocenters. The average molecular weight is 391 g/mol. The molecule has 0 radical (unpaired) electrons. The van der Waals surface area contributed by atoms with Gasteiger partial charge in [-0.15, -0.1) is 12.4 Å². The van der Waals surface area contributed by atoms with Crippen LogP contribution in [0.1, 0.15) is 31.2 Å². The number of hydrogen-bond donors (Lipinski definition) is 2. The molecule has 5 nitrogen and oxygen atoms in total. The van der Waals surface area contributed by atoms with E-state index in [1.165, 1.54) is 0 Å². The van der Waals surface area contributed by atoms with E-state index in [9.17, 15) is 4.79 Å².